The summed E-state index contributed by atoms with van der Waals surface area (Å²) in [5.74, 6) is 0.299. The minimum Gasteiger partial charge on any atom is -0.496 e. The number of allylic oxidation sites excluding steroid dienone is 1. The van der Waals surface area contributed by atoms with Crippen LogP contribution in [-0.2, 0) is 13.0 Å². The third kappa shape index (κ3) is 2.77. The van der Waals surface area contributed by atoms with Crippen LogP contribution in [0.2, 0.25) is 0 Å². The van der Waals surface area contributed by atoms with Gasteiger partial charge in [0.15, 0.2) is 0 Å². The molecule has 0 bridgehead atoms. The predicted molar refractivity (Wildman–Crippen MR) is 104 cm³/mol. The number of likely N-dealkylation sites (N-methyl/N-ethyl adjacent to an activating group) is 1. The number of nitrogens with one attached hydrogen (secondary N) is 1. The molecule has 2 N–H and O–H groups in total. The van der Waals surface area contributed by atoms with Gasteiger partial charge in [0.25, 0.3) is 0 Å². The Morgan fingerprint density at radius 1 is 1.26 bits per heavy atom. The summed E-state index contributed by atoms with van der Waals surface area (Å²) in [5, 5.41) is 16.2. The van der Waals surface area contributed by atoms with Crippen molar-refractivity contribution in [2.45, 2.75) is 19.9 Å². The fraction of sp³-hybridized carbons (Fsp3) is 0.286. The number of benzene rings is 2. The fourth-order valence-corrected chi connectivity index (χ4v) is 4.03. The van der Waals surface area contributed by atoms with Crippen molar-refractivity contribution in [3.05, 3.63) is 59.0 Å². The first-order valence-corrected chi connectivity index (χ1v) is 9.01. The van der Waals surface area contributed by atoms with Crippen LogP contribution < -0.4 is 10.1 Å². The van der Waals surface area contributed by atoms with Gasteiger partial charge in [-0.05, 0) is 53.9 Å². The fourth-order valence-electron chi connectivity index (χ4n) is 4.03. The Labute approximate surface area is 157 Å². The summed E-state index contributed by atoms with van der Waals surface area (Å²) in [6.45, 7) is 8.76. The number of halogens is 1. The van der Waals surface area contributed by atoms with Crippen LogP contribution in [0.15, 0.2) is 41.7 Å². The maximum atomic E-state index is 14.0. The zero-order valence-electron chi connectivity index (χ0n) is 15.5. The number of oxime groups is 1. The lowest BCUT2D eigenvalue weighted by atomic mass is 9.86. The summed E-state index contributed by atoms with van der Waals surface area (Å²) in [6, 6.07) is 6.49. The van der Waals surface area contributed by atoms with Crippen molar-refractivity contribution in [1.29, 1.82) is 0 Å². The molecule has 0 fully saturated rings. The Hall–Kier alpha value is -2.86. The van der Waals surface area contributed by atoms with Gasteiger partial charge in [0.1, 0.15) is 17.3 Å². The summed E-state index contributed by atoms with van der Waals surface area (Å²) in [7, 11) is 1.58. The summed E-state index contributed by atoms with van der Waals surface area (Å²) >= 11 is 0. The van der Waals surface area contributed by atoms with Crippen molar-refractivity contribution in [1.82, 2.24) is 4.90 Å². The Bertz CT molecular complexity index is 968. The third-order valence-electron chi connectivity index (χ3n) is 5.42. The molecule has 140 valence electrons. The lowest BCUT2D eigenvalue weighted by molar-refractivity contribution is 0.269. The van der Waals surface area contributed by atoms with Gasteiger partial charge >= 0.3 is 0 Å². The van der Waals surface area contributed by atoms with Crippen LogP contribution in [0, 0.1) is 5.82 Å². The normalized spacial score (nSPS) is 17.6. The Kier molecular flexibility index (Phi) is 4.36. The first-order valence-electron chi connectivity index (χ1n) is 9.01. The monoisotopic (exact) mass is 367 g/mol. The van der Waals surface area contributed by atoms with Gasteiger partial charge in [0, 0.05) is 24.2 Å². The second-order valence-corrected chi connectivity index (χ2v) is 6.82. The first-order chi connectivity index (χ1) is 13.1. The lowest BCUT2D eigenvalue weighted by Gasteiger charge is -2.31. The molecule has 0 radical (unpaired) electrons. The molecule has 0 aromatic heterocycles. The molecule has 27 heavy (non-hydrogen) atoms. The molecule has 2 aliphatic rings. The standard InChI is InChI=1S/C21H22FN3O2/c1-4-25-8-7-14-15(16-9-13(22)5-6-19(16)27-3)10-17-20(24-26)12(2)23-21(17)18(14)11-25/h5-6,9-10,23,26H,2,4,7-8,11H2,1,3H3/b24-20-. The van der Waals surface area contributed by atoms with Crippen molar-refractivity contribution < 1.29 is 14.3 Å². The van der Waals surface area contributed by atoms with Crippen LogP contribution in [-0.4, -0.2) is 36.0 Å². The molecule has 0 saturated heterocycles. The van der Waals surface area contributed by atoms with Crippen LogP contribution in [0.3, 0.4) is 0 Å². The van der Waals surface area contributed by atoms with Gasteiger partial charge in [-0.2, -0.15) is 0 Å². The third-order valence-corrected chi connectivity index (χ3v) is 5.42. The van der Waals surface area contributed by atoms with Crippen LogP contribution in [0.1, 0.15) is 23.6 Å². The van der Waals surface area contributed by atoms with Crippen molar-refractivity contribution >= 4 is 11.4 Å². The SMILES string of the molecule is C=C1Nc2c(cc(-c3cc(F)ccc3OC)c3c2CN(CC)CC3)/C1=N\O. The van der Waals surface area contributed by atoms with E-state index in [0.717, 1.165) is 48.4 Å². The number of ether oxygens (including phenoxy) is 1. The van der Waals surface area contributed by atoms with Gasteiger partial charge in [-0.25, -0.2) is 4.39 Å². The molecule has 2 heterocycles. The molecule has 0 aliphatic carbocycles. The van der Waals surface area contributed by atoms with E-state index >= 15 is 0 Å². The zero-order valence-corrected chi connectivity index (χ0v) is 15.5. The largest absolute Gasteiger partial charge is 0.496 e. The number of hydrogen-bond donors (Lipinski definition) is 2. The topological polar surface area (TPSA) is 57.1 Å². The molecule has 0 saturated carbocycles. The molecule has 0 amide bonds. The summed E-state index contributed by atoms with van der Waals surface area (Å²) < 4.78 is 19.5. The zero-order chi connectivity index (χ0) is 19.1. The van der Waals surface area contributed by atoms with E-state index in [1.165, 1.54) is 17.7 Å². The second-order valence-electron chi connectivity index (χ2n) is 6.82. The van der Waals surface area contributed by atoms with E-state index in [1.807, 2.05) is 6.07 Å². The maximum Gasteiger partial charge on any atom is 0.134 e. The Balaban J connectivity index is 2.01. The van der Waals surface area contributed by atoms with Gasteiger partial charge in [-0.3, -0.25) is 4.90 Å². The second kappa shape index (κ2) is 6.70. The number of hydrogen-bond acceptors (Lipinski definition) is 5. The summed E-state index contributed by atoms with van der Waals surface area (Å²) in [6.07, 6.45) is 0.852. The predicted octanol–water partition coefficient (Wildman–Crippen LogP) is 4.00. The molecule has 2 aromatic carbocycles. The van der Waals surface area contributed by atoms with Crippen molar-refractivity contribution in [3.8, 4) is 16.9 Å². The first kappa shape index (κ1) is 17.5. The van der Waals surface area contributed by atoms with Crippen LogP contribution in [0.4, 0.5) is 10.1 Å². The number of rotatable bonds is 3. The van der Waals surface area contributed by atoms with Gasteiger partial charge in [0.2, 0.25) is 0 Å². The smallest absolute Gasteiger partial charge is 0.134 e. The average Bonchev–Trinajstić information content (AvgIpc) is 3.02. The maximum absolute atomic E-state index is 14.0. The van der Waals surface area contributed by atoms with Gasteiger partial charge in [0.05, 0.1) is 18.5 Å². The van der Waals surface area contributed by atoms with E-state index in [1.54, 1.807) is 13.2 Å². The molecule has 2 aliphatic heterocycles. The van der Waals surface area contributed by atoms with Crippen molar-refractivity contribution in [2.24, 2.45) is 5.16 Å². The number of fused-ring (bicyclic) bond motifs is 3. The summed E-state index contributed by atoms with van der Waals surface area (Å²) in [4.78, 5) is 2.35. The van der Waals surface area contributed by atoms with Crippen LogP contribution >= 0.6 is 0 Å². The molecule has 2 aromatic rings. The van der Waals surface area contributed by atoms with Gasteiger partial charge in [-0.1, -0.05) is 18.7 Å². The van der Waals surface area contributed by atoms with Crippen LogP contribution in [0.5, 0.6) is 5.75 Å². The lowest BCUT2D eigenvalue weighted by Crippen LogP contribution is -2.31. The molecular weight excluding hydrogens is 345 g/mol. The molecule has 5 nitrogen and oxygen atoms in total. The Morgan fingerprint density at radius 3 is 2.78 bits per heavy atom. The van der Waals surface area contributed by atoms with E-state index in [2.05, 4.69) is 28.9 Å². The van der Waals surface area contributed by atoms with Crippen molar-refractivity contribution in [3.63, 3.8) is 0 Å². The van der Waals surface area contributed by atoms with E-state index < -0.39 is 0 Å². The van der Waals surface area contributed by atoms with Crippen molar-refractivity contribution in [2.75, 3.05) is 25.5 Å². The number of anilines is 1. The van der Waals surface area contributed by atoms with Gasteiger partial charge in [-0.15, -0.1) is 0 Å². The summed E-state index contributed by atoms with van der Waals surface area (Å²) in [5.41, 5.74) is 6.61. The van der Waals surface area contributed by atoms with E-state index in [-0.39, 0.29) is 5.82 Å². The van der Waals surface area contributed by atoms with Crippen LogP contribution in [0.25, 0.3) is 11.1 Å². The minimum atomic E-state index is -0.315. The quantitative estimate of drug-likeness (QED) is 0.636. The Morgan fingerprint density at radius 2 is 2.07 bits per heavy atom. The highest BCUT2D eigenvalue weighted by Crippen LogP contribution is 2.43. The van der Waals surface area contributed by atoms with E-state index in [4.69, 9.17) is 4.74 Å². The number of methoxy groups -OCH3 is 1. The van der Waals surface area contributed by atoms with Gasteiger partial charge < -0.3 is 15.3 Å². The minimum absolute atomic E-state index is 0.315. The molecule has 0 unspecified atom stereocenters. The highest BCUT2D eigenvalue weighted by Gasteiger charge is 2.31. The average molecular weight is 367 g/mol. The molecule has 0 spiro atoms. The molecule has 4 rings (SSSR count). The molecular formula is C21H22FN3O2. The molecule has 6 heteroatoms. The molecule has 0 atom stereocenters. The van der Waals surface area contributed by atoms with E-state index in [9.17, 15) is 9.60 Å². The van der Waals surface area contributed by atoms with E-state index in [0.29, 0.717) is 22.7 Å². The highest BCUT2D eigenvalue weighted by atomic mass is 19.1. The highest BCUT2D eigenvalue weighted by molar-refractivity contribution is 6.22. The number of nitrogens with zero attached hydrogens (tertiary/aromatic N) is 2.